The summed E-state index contributed by atoms with van der Waals surface area (Å²) in [6.45, 7) is 1.03. The molecule has 0 atom stereocenters. The standard InChI is InChI=1S/C22H24N4O4/c1-29-18-10-9-17(15-19(18)30-2)25-22(28)21(27)24-11-6-13-26-14-12-23-20(26)16-7-4-3-5-8-16/h3-5,7-10,12,14-15H,6,11,13H2,1-2H3,(H,24,27)(H,25,28). The lowest BCUT2D eigenvalue weighted by atomic mass is 10.2. The Hall–Kier alpha value is -3.81. The third-order valence-electron chi connectivity index (χ3n) is 4.46. The SMILES string of the molecule is COc1ccc(NC(=O)C(=O)NCCCn2ccnc2-c2ccccc2)cc1OC. The number of benzene rings is 2. The Labute approximate surface area is 174 Å². The molecule has 1 aromatic heterocycles. The molecule has 0 unspecified atom stereocenters. The second-order valence-electron chi connectivity index (χ2n) is 6.44. The van der Waals surface area contributed by atoms with Crippen LogP contribution in [-0.2, 0) is 16.1 Å². The van der Waals surface area contributed by atoms with Crippen LogP contribution in [0.5, 0.6) is 11.5 Å². The first-order valence-electron chi connectivity index (χ1n) is 9.50. The number of rotatable bonds is 8. The molecule has 0 aliphatic heterocycles. The van der Waals surface area contributed by atoms with E-state index in [1.165, 1.54) is 14.2 Å². The van der Waals surface area contributed by atoms with Gasteiger partial charge in [-0.3, -0.25) is 9.59 Å². The van der Waals surface area contributed by atoms with E-state index in [1.807, 2.05) is 41.1 Å². The maximum atomic E-state index is 12.1. The summed E-state index contributed by atoms with van der Waals surface area (Å²) in [7, 11) is 3.02. The Bertz CT molecular complexity index is 1000. The number of carbonyl (C=O) groups excluding carboxylic acids is 2. The van der Waals surface area contributed by atoms with Crippen molar-refractivity contribution in [2.45, 2.75) is 13.0 Å². The van der Waals surface area contributed by atoms with Crippen LogP contribution in [-0.4, -0.2) is 42.1 Å². The molecule has 0 saturated carbocycles. The second kappa shape index (κ2) is 10.1. The molecule has 1 heterocycles. The fourth-order valence-corrected chi connectivity index (χ4v) is 2.97. The van der Waals surface area contributed by atoms with Gasteiger partial charge >= 0.3 is 11.8 Å². The first kappa shape index (κ1) is 20.9. The highest BCUT2D eigenvalue weighted by Gasteiger charge is 2.14. The number of hydrogen-bond acceptors (Lipinski definition) is 5. The van der Waals surface area contributed by atoms with Crippen molar-refractivity contribution in [2.24, 2.45) is 0 Å². The summed E-state index contributed by atoms with van der Waals surface area (Å²) in [5.41, 5.74) is 1.47. The molecule has 0 bridgehead atoms. The molecule has 0 fully saturated rings. The van der Waals surface area contributed by atoms with E-state index in [0.717, 1.165) is 11.4 Å². The molecule has 30 heavy (non-hydrogen) atoms. The lowest BCUT2D eigenvalue weighted by molar-refractivity contribution is -0.136. The van der Waals surface area contributed by atoms with Crippen LogP contribution < -0.4 is 20.1 Å². The zero-order valence-corrected chi connectivity index (χ0v) is 16.9. The molecule has 156 valence electrons. The van der Waals surface area contributed by atoms with Gasteiger partial charge in [0, 0.05) is 42.8 Å². The minimum Gasteiger partial charge on any atom is -0.493 e. The molecule has 2 aromatic carbocycles. The lowest BCUT2D eigenvalue weighted by Crippen LogP contribution is -2.36. The van der Waals surface area contributed by atoms with Crippen LogP contribution >= 0.6 is 0 Å². The number of nitrogens with zero attached hydrogens (tertiary/aromatic N) is 2. The van der Waals surface area contributed by atoms with E-state index in [2.05, 4.69) is 15.6 Å². The zero-order chi connectivity index (χ0) is 21.3. The van der Waals surface area contributed by atoms with E-state index >= 15 is 0 Å². The van der Waals surface area contributed by atoms with Crippen LogP contribution in [0.2, 0.25) is 0 Å². The number of imidazole rings is 1. The molecule has 0 spiro atoms. The highest BCUT2D eigenvalue weighted by molar-refractivity contribution is 6.39. The number of hydrogen-bond donors (Lipinski definition) is 2. The van der Waals surface area contributed by atoms with E-state index in [9.17, 15) is 9.59 Å². The average Bonchev–Trinajstić information content (AvgIpc) is 3.25. The molecule has 3 aromatic rings. The molecule has 2 N–H and O–H groups in total. The normalized spacial score (nSPS) is 10.3. The number of ether oxygens (including phenoxy) is 2. The minimum absolute atomic E-state index is 0.366. The number of methoxy groups -OCH3 is 2. The molecule has 3 rings (SSSR count). The van der Waals surface area contributed by atoms with Gasteiger partial charge in [-0.2, -0.15) is 0 Å². The van der Waals surface area contributed by atoms with E-state index in [4.69, 9.17) is 9.47 Å². The van der Waals surface area contributed by atoms with Crippen LogP contribution in [0.1, 0.15) is 6.42 Å². The average molecular weight is 408 g/mol. The summed E-state index contributed by atoms with van der Waals surface area (Å²) in [6, 6.07) is 14.8. The summed E-state index contributed by atoms with van der Waals surface area (Å²) < 4.78 is 12.4. The first-order chi connectivity index (χ1) is 14.6. The highest BCUT2D eigenvalue weighted by atomic mass is 16.5. The van der Waals surface area contributed by atoms with Gasteiger partial charge in [0.1, 0.15) is 5.82 Å². The largest absolute Gasteiger partial charge is 0.493 e. The molecule has 8 heteroatoms. The van der Waals surface area contributed by atoms with Crippen molar-refractivity contribution in [2.75, 3.05) is 26.1 Å². The zero-order valence-electron chi connectivity index (χ0n) is 16.9. The Morgan fingerprint density at radius 1 is 1.00 bits per heavy atom. The molecule has 0 radical (unpaired) electrons. The summed E-state index contributed by atoms with van der Waals surface area (Å²) in [4.78, 5) is 28.6. The van der Waals surface area contributed by atoms with Crippen LogP contribution in [0.25, 0.3) is 11.4 Å². The van der Waals surface area contributed by atoms with Crippen molar-refractivity contribution in [1.29, 1.82) is 0 Å². The summed E-state index contributed by atoms with van der Waals surface area (Å²) in [6.07, 6.45) is 4.30. The quantitative estimate of drug-likeness (QED) is 0.441. The number of amides is 2. The van der Waals surface area contributed by atoms with Crippen LogP contribution in [0.4, 0.5) is 5.69 Å². The molecule has 0 aliphatic rings. The van der Waals surface area contributed by atoms with Gasteiger partial charge < -0.3 is 24.7 Å². The number of aryl methyl sites for hydroxylation is 1. The van der Waals surface area contributed by atoms with E-state index in [0.29, 0.717) is 36.7 Å². The maximum Gasteiger partial charge on any atom is 0.313 e. The van der Waals surface area contributed by atoms with Gasteiger partial charge in [0.15, 0.2) is 11.5 Å². The summed E-state index contributed by atoms with van der Waals surface area (Å²) in [5, 5.41) is 5.19. The molecule has 0 aliphatic carbocycles. The first-order valence-corrected chi connectivity index (χ1v) is 9.50. The summed E-state index contributed by atoms with van der Waals surface area (Å²) >= 11 is 0. The Morgan fingerprint density at radius 3 is 2.50 bits per heavy atom. The van der Waals surface area contributed by atoms with Crippen molar-refractivity contribution in [3.8, 4) is 22.9 Å². The van der Waals surface area contributed by atoms with Crippen LogP contribution in [0.3, 0.4) is 0 Å². The van der Waals surface area contributed by atoms with Gasteiger partial charge in [0.25, 0.3) is 0 Å². The third kappa shape index (κ3) is 5.16. The van der Waals surface area contributed by atoms with Crippen LogP contribution in [0, 0.1) is 0 Å². The Kier molecular flexibility index (Phi) is 7.05. The van der Waals surface area contributed by atoms with E-state index in [-0.39, 0.29) is 0 Å². The van der Waals surface area contributed by atoms with Gasteiger partial charge in [-0.15, -0.1) is 0 Å². The van der Waals surface area contributed by atoms with Crippen molar-refractivity contribution in [1.82, 2.24) is 14.9 Å². The Balaban J connectivity index is 1.47. The molecule has 8 nitrogen and oxygen atoms in total. The number of anilines is 1. The topological polar surface area (TPSA) is 94.5 Å². The predicted octanol–water partition coefficient (Wildman–Crippen LogP) is 2.71. The van der Waals surface area contributed by atoms with Gasteiger partial charge in [-0.25, -0.2) is 4.98 Å². The number of nitrogens with one attached hydrogen (secondary N) is 2. The van der Waals surface area contributed by atoms with E-state index in [1.54, 1.807) is 24.4 Å². The van der Waals surface area contributed by atoms with Crippen molar-refractivity contribution in [3.63, 3.8) is 0 Å². The van der Waals surface area contributed by atoms with Gasteiger partial charge in [-0.1, -0.05) is 30.3 Å². The molecule has 0 saturated heterocycles. The number of carbonyl (C=O) groups is 2. The van der Waals surface area contributed by atoms with Crippen molar-refractivity contribution < 1.29 is 19.1 Å². The van der Waals surface area contributed by atoms with Crippen molar-refractivity contribution in [3.05, 3.63) is 60.9 Å². The maximum absolute atomic E-state index is 12.1. The van der Waals surface area contributed by atoms with Gasteiger partial charge in [-0.05, 0) is 18.6 Å². The van der Waals surface area contributed by atoms with Crippen LogP contribution in [0.15, 0.2) is 60.9 Å². The number of aromatic nitrogens is 2. The smallest absolute Gasteiger partial charge is 0.313 e. The predicted molar refractivity (Wildman–Crippen MR) is 113 cm³/mol. The molecule has 2 amide bonds. The highest BCUT2D eigenvalue weighted by Crippen LogP contribution is 2.29. The Morgan fingerprint density at radius 2 is 1.77 bits per heavy atom. The fraction of sp³-hybridized carbons (Fsp3) is 0.227. The van der Waals surface area contributed by atoms with Gasteiger partial charge in [0.05, 0.1) is 14.2 Å². The molecular weight excluding hydrogens is 384 g/mol. The lowest BCUT2D eigenvalue weighted by Gasteiger charge is -2.11. The fourth-order valence-electron chi connectivity index (χ4n) is 2.97. The molecular formula is C22H24N4O4. The van der Waals surface area contributed by atoms with Crippen molar-refractivity contribution >= 4 is 17.5 Å². The third-order valence-corrected chi connectivity index (χ3v) is 4.46. The van der Waals surface area contributed by atoms with E-state index < -0.39 is 11.8 Å². The summed E-state index contributed by atoms with van der Waals surface area (Å²) in [5.74, 6) is 0.432. The minimum atomic E-state index is -0.741. The van der Waals surface area contributed by atoms with Gasteiger partial charge in [0.2, 0.25) is 0 Å². The monoisotopic (exact) mass is 408 g/mol. The second-order valence-corrected chi connectivity index (χ2v) is 6.44.